The van der Waals surface area contributed by atoms with E-state index in [0.717, 1.165) is 34.1 Å². The van der Waals surface area contributed by atoms with Crippen molar-refractivity contribution >= 4 is 27.5 Å². The van der Waals surface area contributed by atoms with Gasteiger partial charge in [0.05, 0.1) is 0 Å². The maximum absolute atomic E-state index is 12.3. The number of nitrogens with one attached hydrogen (secondary N) is 2. The van der Waals surface area contributed by atoms with Crippen LogP contribution >= 0.6 is 15.9 Å². The summed E-state index contributed by atoms with van der Waals surface area (Å²) in [6.07, 6.45) is 2.09. The fraction of sp³-hybridized carbons (Fsp3) is 0.269. The molecule has 5 heteroatoms. The molecule has 2 N–H and O–H groups in total. The Labute approximate surface area is 193 Å². The predicted molar refractivity (Wildman–Crippen MR) is 131 cm³/mol. The highest BCUT2D eigenvalue weighted by molar-refractivity contribution is 9.10. The van der Waals surface area contributed by atoms with Crippen LogP contribution < -0.4 is 15.4 Å². The third kappa shape index (κ3) is 7.85. The van der Waals surface area contributed by atoms with Gasteiger partial charge < -0.3 is 15.4 Å². The molecule has 0 aliphatic carbocycles. The number of halogens is 1. The molecule has 3 aromatic carbocycles. The standard InChI is InChI=1S/C26H29BrN2O2/c1-19-8-13-24(14-9-19)29-26(30)18-31-25-15-12-23(27)16-22(25)17-28-20(2)10-11-21-6-4-3-5-7-21/h3-9,12-16,20,28H,10-11,17-18H2,1-2H3,(H,29,30)/t20-/m1/s1. The number of rotatable bonds is 10. The van der Waals surface area contributed by atoms with Gasteiger partial charge in [0, 0.05) is 28.3 Å². The molecule has 3 aromatic rings. The van der Waals surface area contributed by atoms with Gasteiger partial charge in [-0.25, -0.2) is 0 Å². The molecule has 31 heavy (non-hydrogen) atoms. The Balaban J connectivity index is 1.51. The lowest BCUT2D eigenvalue weighted by atomic mass is 10.1. The molecule has 3 rings (SSSR count). The molecule has 0 saturated carbocycles. The van der Waals surface area contributed by atoms with E-state index in [1.165, 1.54) is 5.56 Å². The molecule has 0 aromatic heterocycles. The lowest BCUT2D eigenvalue weighted by molar-refractivity contribution is -0.118. The number of carbonyl (C=O) groups excluding carboxylic acids is 1. The average Bonchev–Trinajstić information content (AvgIpc) is 2.78. The summed E-state index contributed by atoms with van der Waals surface area (Å²) in [7, 11) is 0. The van der Waals surface area contributed by atoms with Crippen molar-refractivity contribution in [3.63, 3.8) is 0 Å². The number of aryl methyl sites for hydroxylation is 2. The van der Waals surface area contributed by atoms with Crippen LogP contribution in [-0.4, -0.2) is 18.6 Å². The SMILES string of the molecule is Cc1ccc(NC(=O)COc2ccc(Br)cc2CN[C@H](C)CCc2ccccc2)cc1. The smallest absolute Gasteiger partial charge is 0.262 e. The van der Waals surface area contributed by atoms with Crippen LogP contribution in [0.2, 0.25) is 0 Å². The molecule has 1 atom stereocenters. The summed E-state index contributed by atoms with van der Waals surface area (Å²) in [4.78, 5) is 12.3. The van der Waals surface area contributed by atoms with Crippen LogP contribution in [0.4, 0.5) is 5.69 Å². The first-order valence-corrected chi connectivity index (χ1v) is 11.3. The third-order valence-corrected chi connectivity index (χ3v) is 5.56. The van der Waals surface area contributed by atoms with E-state index < -0.39 is 0 Å². The van der Waals surface area contributed by atoms with E-state index in [2.05, 4.69) is 57.8 Å². The van der Waals surface area contributed by atoms with Gasteiger partial charge in [-0.05, 0) is 62.6 Å². The highest BCUT2D eigenvalue weighted by Crippen LogP contribution is 2.23. The molecule has 0 unspecified atom stereocenters. The van der Waals surface area contributed by atoms with Crippen LogP contribution in [0.25, 0.3) is 0 Å². The topological polar surface area (TPSA) is 50.4 Å². The summed E-state index contributed by atoms with van der Waals surface area (Å²) in [5, 5.41) is 6.43. The minimum atomic E-state index is -0.179. The van der Waals surface area contributed by atoms with Crippen molar-refractivity contribution in [3.8, 4) is 5.75 Å². The van der Waals surface area contributed by atoms with Gasteiger partial charge in [0.25, 0.3) is 5.91 Å². The molecule has 0 aliphatic rings. The van der Waals surface area contributed by atoms with E-state index in [-0.39, 0.29) is 12.5 Å². The Bertz CT molecular complexity index is 974. The second kappa shape index (κ2) is 11.7. The van der Waals surface area contributed by atoms with E-state index in [0.29, 0.717) is 18.3 Å². The number of hydrogen-bond donors (Lipinski definition) is 2. The highest BCUT2D eigenvalue weighted by Gasteiger charge is 2.10. The number of anilines is 1. The van der Waals surface area contributed by atoms with Gasteiger partial charge in [-0.15, -0.1) is 0 Å². The molecule has 0 bridgehead atoms. The van der Waals surface area contributed by atoms with Crippen molar-refractivity contribution in [2.75, 3.05) is 11.9 Å². The zero-order chi connectivity index (χ0) is 22.1. The molecule has 4 nitrogen and oxygen atoms in total. The Kier molecular flexibility index (Phi) is 8.68. The molecule has 0 spiro atoms. The van der Waals surface area contributed by atoms with Crippen molar-refractivity contribution in [3.05, 3.63) is 94.0 Å². The fourth-order valence-corrected chi connectivity index (χ4v) is 3.63. The van der Waals surface area contributed by atoms with E-state index in [9.17, 15) is 4.79 Å². The quantitative estimate of drug-likeness (QED) is 0.380. The minimum Gasteiger partial charge on any atom is -0.483 e. The minimum absolute atomic E-state index is 0.0356. The van der Waals surface area contributed by atoms with E-state index >= 15 is 0 Å². The molecule has 0 fully saturated rings. The lowest BCUT2D eigenvalue weighted by Gasteiger charge is -2.17. The first-order valence-electron chi connectivity index (χ1n) is 10.5. The van der Waals surface area contributed by atoms with Crippen molar-refractivity contribution < 1.29 is 9.53 Å². The van der Waals surface area contributed by atoms with Gasteiger partial charge in [-0.1, -0.05) is 64.0 Å². The van der Waals surface area contributed by atoms with Crippen LogP contribution in [0, 0.1) is 6.92 Å². The number of ether oxygens (including phenoxy) is 1. The maximum Gasteiger partial charge on any atom is 0.262 e. The molecule has 0 heterocycles. The number of carbonyl (C=O) groups is 1. The molecule has 1 amide bonds. The average molecular weight is 481 g/mol. The summed E-state index contributed by atoms with van der Waals surface area (Å²) >= 11 is 3.53. The monoisotopic (exact) mass is 480 g/mol. The highest BCUT2D eigenvalue weighted by atomic mass is 79.9. The second-order valence-electron chi connectivity index (χ2n) is 7.76. The number of amides is 1. The van der Waals surface area contributed by atoms with E-state index in [1.807, 2.05) is 55.5 Å². The zero-order valence-corrected chi connectivity index (χ0v) is 19.6. The molecule has 0 aliphatic heterocycles. The molecular formula is C26H29BrN2O2. The van der Waals surface area contributed by atoms with Crippen molar-refractivity contribution in [2.24, 2.45) is 0 Å². The Morgan fingerprint density at radius 1 is 1.03 bits per heavy atom. The summed E-state index contributed by atoms with van der Waals surface area (Å²) in [5.41, 5.74) is 4.29. The van der Waals surface area contributed by atoms with Crippen LogP contribution in [0.5, 0.6) is 5.75 Å². The normalized spacial score (nSPS) is 11.7. The van der Waals surface area contributed by atoms with Crippen LogP contribution in [0.3, 0.4) is 0 Å². The van der Waals surface area contributed by atoms with Crippen molar-refractivity contribution in [1.29, 1.82) is 0 Å². The van der Waals surface area contributed by atoms with Crippen LogP contribution in [0.15, 0.2) is 77.3 Å². The van der Waals surface area contributed by atoms with Crippen molar-refractivity contribution in [2.45, 2.75) is 39.3 Å². The largest absolute Gasteiger partial charge is 0.483 e. The zero-order valence-electron chi connectivity index (χ0n) is 18.0. The lowest BCUT2D eigenvalue weighted by Crippen LogP contribution is -2.26. The fourth-order valence-electron chi connectivity index (χ4n) is 3.22. The first kappa shape index (κ1) is 23.0. The van der Waals surface area contributed by atoms with Gasteiger partial charge in [0.2, 0.25) is 0 Å². The summed E-state index contributed by atoms with van der Waals surface area (Å²) in [6, 6.07) is 24.4. The molecule has 162 valence electrons. The van der Waals surface area contributed by atoms with Crippen LogP contribution in [0.1, 0.15) is 30.0 Å². The summed E-state index contributed by atoms with van der Waals surface area (Å²) < 4.78 is 6.82. The van der Waals surface area contributed by atoms with Gasteiger partial charge in [-0.2, -0.15) is 0 Å². The second-order valence-corrected chi connectivity index (χ2v) is 8.68. The Morgan fingerprint density at radius 2 is 1.77 bits per heavy atom. The van der Waals surface area contributed by atoms with Gasteiger partial charge in [0.1, 0.15) is 5.75 Å². The maximum atomic E-state index is 12.3. The molecule has 0 radical (unpaired) electrons. The molecule has 0 saturated heterocycles. The van der Waals surface area contributed by atoms with Crippen LogP contribution in [-0.2, 0) is 17.8 Å². The first-order chi connectivity index (χ1) is 15.0. The van der Waals surface area contributed by atoms with Gasteiger partial charge in [0.15, 0.2) is 6.61 Å². The van der Waals surface area contributed by atoms with E-state index in [1.54, 1.807) is 0 Å². The number of benzene rings is 3. The Hall–Kier alpha value is -2.63. The summed E-state index contributed by atoms with van der Waals surface area (Å²) in [6.45, 7) is 4.84. The van der Waals surface area contributed by atoms with Gasteiger partial charge >= 0.3 is 0 Å². The number of hydrogen-bond acceptors (Lipinski definition) is 3. The predicted octanol–water partition coefficient (Wildman–Crippen LogP) is 5.89. The van der Waals surface area contributed by atoms with E-state index in [4.69, 9.17) is 4.74 Å². The summed E-state index contributed by atoms with van der Waals surface area (Å²) in [5.74, 6) is 0.534. The third-order valence-electron chi connectivity index (χ3n) is 5.07. The van der Waals surface area contributed by atoms with Gasteiger partial charge in [-0.3, -0.25) is 4.79 Å². The van der Waals surface area contributed by atoms with Crippen molar-refractivity contribution in [1.82, 2.24) is 5.32 Å². The molecular weight excluding hydrogens is 452 g/mol. The Morgan fingerprint density at radius 3 is 2.52 bits per heavy atom.